The third kappa shape index (κ3) is 4.69. The van der Waals surface area contributed by atoms with Gasteiger partial charge in [-0.2, -0.15) is 18.3 Å². The quantitative estimate of drug-likeness (QED) is 0.403. The molecule has 1 aromatic heterocycles. The van der Waals surface area contributed by atoms with E-state index in [9.17, 15) is 27.5 Å². The third-order valence-electron chi connectivity index (χ3n) is 4.23. The smallest absolute Gasteiger partial charge is 0.394 e. The van der Waals surface area contributed by atoms with Gasteiger partial charge in [0.15, 0.2) is 5.82 Å². The lowest BCUT2D eigenvalue weighted by molar-refractivity contribution is -0.137. The maximum absolute atomic E-state index is 13.8. The number of benzene rings is 2. The molecule has 0 aliphatic heterocycles. The van der Waals surface area contributed by atoms with Gasteiger partial charge in [0.05, 0.1) is 23.8 Å². The highest BCUT2D eigenvalue weighted by Crippen LogP contribution is 2.37. The minimum Gasteiger partial charge on any atom is -0.394 e. The molecular weight excluding hydrogens is 406 g/mol. The largest absolute Gasteiger partial charge is 0.416 e. The Morgan fingerprint density at radius 3 is 2.53 bits per heavy atom. The second kappa shape index (κ2) is 8.41. The molecule has 0 saturated heterocycles. The van der Waals surface area contributed by atoms with Crippen molar-refractivity contribution in [2.75, 3.05) is 17.7 Å². The fourth-order valence-electron chi connectivity index (χ4n) is 2.86. The summed E-state index contributed by atoms with van der Waals surface area (Å²) in [6, 6.07) is 8.99. The number of halogens is 4. The zero-order valence-electron chi connectivity index (χ0n) is 15.3. The maximum Gasteiger partial charge on any atom is 0.416 e. The van der Waals surface area contributed by atoms with Crippen molar-refractivity contribution >= 4 is 17.7 Å². The topological polar surface area (TPSA) is 116 Å². The number of rotatable bonds is 5. The normalized spacial score (nSPS) is 12.4. The number of hydrogen-bond donors (Lipinski definition) is 5. The van der Waals surface area contributed by atoms with Crippen LogP contribution >= 0.6 is 0 Å². The summed E-state index contributed by atoms with van der Waals surface area (Å²) in [5, 5.41) is 20.5. The van der Waals surface area contributed by atoms with E-state index in [0.29, 0.717) is 17.7 Å². The number of nitrogens with two attached hydrogens (primary N) is 1. The summed E-state index contributed by atoms with van der Waals surface area (Å²) in [5.74, 6) is -1.49. The van der Waals surface area contributed by atoms with Crippen LogP contribution in [0.15, 0.2) is 48.5 Å². The Morgan fingerprint density at radius 1 is 1.20 bits per heavy atom. The lowest BCUT2D eigenvalue weighted by Crippen LogP contribution is -2.34. The fourth-order valence-corrected chi connectivity index (χ4v) is 2.86. The lowest BCUT2D eigenvalue weighted by atomic mass is 10.0. The average molecular weight is 423 g/mol. The molecule has 2 aromatic carbocycles. The first kappa shape index (κ1) is 21.1. The Morgan fingerprint density at radius 2 is 1.90 bits per heavy atom. The van der Waals surface area contributed by atoms with Gasteiger partial charge in [-0.3, -0.25) is 10.4 Å². The second-order valence-corrected chi connectivity index (χ2v) is 6.33. The molecule has 3 rings (SSSR count). The van der Waals surface area contributed by atoms with Gasteiger partial charge < -0.3 is 16.2 Å². The summed E-state index contributed by atoms with van der Waals surface area (Å²) in [7, 11) is 0. The summed E-state index contributed by atoms with van der Waals surface area (Å²) in [5.41, 5.74) is 4.85. The molecule has 11 heteroatoms. The molecule has 1 heterocycles. The summed E-state index contributed by atoms with van der Waals surface area (Å²) in [6.45, 7) is -0.397. The Labute approximate surface area is 167 Å². The first-order valence-corrected chi connectivity index (χ1v) is 8.64. The van der Waals surface area contributed by atoms with Crippen LogP contribution in [0.25, 0.3) is 11.1 Å². The lowest BCUT2D eigenvalue weighted by Gasteiger charge is -2.17. The zero-order chi connectivity index (χ0) is 21.9. The molecule has 0 bridgehead atoms. The molecule has 0 radical (unpaired) electrons. The number of alkyl halides is 3. The van der Waals surface area contributed by atoms with Crippen molar-refractivity contribution in [2.24, 2.45) is 0 Å². The molecule has 158 valence electrons. The minimum absolute atomic E-state index is 0.101. The van der Waals surface area contributed by atoms with Crippen molar-refractivity contribution in [1.82, 2.24) is 15.5 Å². The Kier molecular flexibility index (Phi) is 5.92. The van der Waals surface area contributed by atoms with E-state index in [1.807, 2.05) is 0 Å². The number of hydrogen-bond acceptors (Lipinski definition) is 4. The van der Waals surface area contributed by atoms with Crippen molar-refractivity contribution in [1.29, 1.82) is 0 Å². The van der Waals surface area contributed by atoms with Crippen LogP contribution in [0.4, 0.5) is 34.0 Å². The van der Waals surface area contributed by atoms with Gasteiger partial charge in [0, 0.05) is 0 Å². The van der Waals surface area contributed by atoms with Crippen LogP contribution in [0.5, 0.6) is 0 Å². The van der Waals surface area contributed by atoms with Crippen LogP contribution < -0.4 is 16.4 Å². The van der Waals surface area contributed by atoms with Crippen molar-refractivity contribution in [3.05, 3.63) is 65.5 Å². The predicted octanol–water partition coefficient (Wildman–Crippen LogP) is 3.67. The number of H-pyrrole nitrogens is 1. The number of urea groups is 1. The molecule has 0 saturated carbocycles. The number of anilines is 2. The monoisotopic (exact) mass is 423 g/mol. The van der Waals surface area contributed by atoms with Crippen molar-refractivity contribution in [3.63, 3.8) is 0 Å². The van der Waals surface area contributed by atoms with E-state index in [-0.39, 0.29) is 22.8 Å². The van der Waals surface area contributed by atoms with E-state index in [2.05, 4.69) is 20.8 Å². The maximum atomic E-state index is 13.8. The molecular formula is C19H17F4N5O2. The second-order valence-electron chi connectivity index (χ2n) is 6.33. The van der Waals surface area contributed by atoms with E-state index in [1.54, 1.807) is 30.3 Å². The average Bonchev–Trinajstić information content (AvgIpc) is 3.05. The molecule has 30 heavy (non-hydrogen) atoms. The Hall–Kier alpha value is -3.60. The predicted molar refractivity (Wildman–Crippen MR) is 102 cm³/mol. The zero-order valence-corrected chi connectivity index (χ0v) is 15.3. The van der Waals surface area contributed by atoms with E-state index in [1.165, 1.54) is 0 Å². The SMILES string of the molecule is Nc1[nH]nc(NC(=O)N[C@H](CO)c2ccccc2)c1-c1cc(F)cc(C(F)(F)F)c1. The molecule has 0 spiro atoms. The van der Waals surface area contributed by atoms with Gasteiger partial charge >= 0.3 is 12.2 Å². The summed E-state index contributed by atoms with van der Waals surface area (Å²) in [6.07, 6.45) is -4.77. The molecule has 1 atom stereocenters. The molecule has 0 aliphatic rings. The molecule has 3 aromatic rings. The number of nitrogens with zero attached hydrogens (tertiary/aromatic N) is 1. The number of nitrogen functional groups attached to an aromatic ring is 1. The molecule has 7 nitrogen and oxygen atoms in total. The summed E-state index contributed by atoms with van der Waals surface area (Å²) < 4.78 is 52.8. The highest BCUT2D eigenvalue weighted by Gasteiger charge is 2.32. The molecule has 0 aliphatic carbocycles. The molecule has 0 unspecified atom stereocenters. The molecule has 2 amide bonds. The number of aromatic nitrogens is 2. The van der Waals surface area contributed by atoms with Crippen molar-refractivity contribution in [2.45, 2.75) is 12.2 Å². The molecule has 6 N–H and O–H groups in total. The highest BCUT2D eigenvalue weighted by molar-refractivity contribution is 5.96. The van der Waals surface area contributed by atoms with Gasteiger partial charge in [0.2, 0.25) is 0 Å². The van der Waals surface area contributed by atoms with E-state index < -0.39 is 36.2 Å². The summed E-state index contributed by atoms with van der Waals surface area (Å²) in [4.78, 5) is 12.4. The number of aliphatic hydroxyl groups is 1. The van der Waals surface area contributed by atoms with Gasteiger partial charge in [-0.1, -0.05) is 30.3 Å². The van der Waals surface area contributed by atoms with E-state index in [0.717, 1.165) is 6.07 Å². The number of amides is 2. The van der Waals surface area contributed by atoms with E-state index in [4.69, 9.17) is 5.73 Å². The van der Waals surface area contributed by atoms with Crippen LogP contribution in [0.1, 0.15) is 17.2 Å². The summed E-state index contributed by atoms with van der Waals surface area (Å²) >= 11 is 0. The molecule has 0 fully saturated rings. The third-order valence-corrected chi connectivity index (χ3v) is 4.23. The number of carbonyl (C=O) groups is 1. The van der Waals surface area contributed by atoms with Crippen LogP contribution in [0.3, 0.4) is 0 Å². The number of aliphatic hydroxyl groups excluding tert-OH is 1. The minimum atomic E-state index is -4.77. The van der Waals surface area contributed by atoms with Crippen molar-refractivity contribution in [3.8, 4) is 11.1 Å². The van der Waals surface area contributed by atoms with Gasteiger partial charge in [-0.25, -0.2) is 9.18 Å². The number of carbonyl (C=O) groups excluding carboxylic acids is 1. The standard InChI is InChI=1S/C19H17F4N5O2/c20-13-7-11(6-12(8-13)19(21,22)23)15-16(24)27-28-17(15)26-18(30)25-14(9-29)10-4-2-1-3-5-10/h1-8,14,29H,9H2,(H5,24,25,26,27,28,30)/t14-/m1/s1. The fraction of sp³-hybridized carbons (Fsp3) is 0.158. The number of nitrogens with one attached hydrogen (secondary N) is 3. The van der Waals surface area contributed by atoms with Gasteiger partial charge in [-0.05, 0) is 29.3 Å². The van der Waals surface area contributed by atoms with Gasteiger partial charge in [0.25, 0.3) is 0 Å². The number of aromatic amines is 1. The Bertz CT molecular complexity index is 1040. The first-order chi connectivity index (χ1) is 14.2. The van der Waals surface area contributed by atoms with Crippen LogP contribution in [-0.2, 0) is 6.18 Å². The first-order valence-electron chi connectivity index (χ1n) is 8.64. The van der Waals surface area contributed by atoms with Gasteiger partial charge in [0.1, 0.15) is 11.6 Å². The van der Waals surface area contributed by atoms with Crippen LogP contribution in [0.2, 0.25) is 0 Å². The van der Waals surface area contributed by atoms with Crippen molar-refractivity contribution < 1.29 is 27.5 Å². The van der Waals surface area contributed by atoms with E-state index >= 15 is 0 Å². The van der Waals surface area contributed by atoms with Crippen LogP contribution in [0, 0.1) is 5.82 Å². The van der Waals surface area contributed by atoms with Gasteiger partial charge in [-0.15, -0.1) is 0 Å². The van der Waals surface area contributed by atoms with Crippen LogP contribution in [-0.4, -0.2) is 27.9 Å². The Balaban J connectivity index is 1.86. The highest BCUT2D eigenvalue weighted by atomic mass is 19.4.